The number of aryl methyl sites for hydroxylation is 2. The van der Waals surface area contributed by atoms with Crippen molar-refractivity contribution in [2.24, 2.45) is 0 Å². The molecule has 31 heavy (non-hydrogen) atoms. The minimum absolute atomic E-state index is 0.0208. The number of hydrogen-bond acceptors (Lipinski definition) is 5. The fourth-order valence-corrected chi connectivity index (χ4v) is 6.65. The monoisotopic (exact) mass is 458 g/mol. The van der Waals surface area contributed by atoms with Crippen molar-refractivity contribution in [2.45, 2.75) is 32.2 Å². The lowest BCUT2D eigenvalue weighted by Crippen LogP contribution is -2.50. The number of rotatable bonds is 5. The molecule has 0 atom stereocenters. The molecule has 164 valence electrons. The quantitative estimate of drug-likeness (QED) is 0.589. The van der Waals surface area contributed by atoms with E-state index in [-0.39, 0.29) is 23.9 Å². The molecule has 2 aromatic heterocycles. The van der Waals surface area contributed by atoms with Gasteiger partial charge in [-0.25, -0.2) is 8.42 Å². The molecule has 0 radical (unpaired) electrons. The minimum Gasteiger partial charge on any atom is -0.335 e. The average Bonchev–Trinajstić information content (AvgIpc) is 3.31. The van der Waals surface area contributed by atoms with Crippen molar-refractivity contribution in [1.82, 2.24) is 19.0 Å². The van der Waals surface area contributed by atoms with Crippen LogP contribution in [0.3, 0.4) is 0 Å². The van der Waals surface area contributed by atoms with E-state index in [0.29, 0.717) is 31.0 Å². The van der Waals surface area contributed by atoms with Crippen LogP contribution >= 0.6 is 11.3 Å². The van der Waals surface area contributed by atoms with Crippen LogP contribution in [0.4, 0.5) is 0 Å². The first-order chi connectivity index (χ1) is 14.8. The van der Waals surface area contributed by atoms with Gasteiger partial charge in [0.05, 0.1) is 22.8 Å². The Balaban J connectivity index is 1.51. The summed E-state index contributed by atoms with van der Waals surface area (Å²) in [7, 11) is -3.69. The number of sulfonamides is 1. The van der Waals surface area contributed by atoms with E-state index in [9.17, 15) is 13.2 Å². The van der Waals surface area contributed by atoms with Gasteiger partial charge in [-0.1, -0.05) is 30.3 Å². The average molecular weight is 459 g/mol. The standard InChI is InChI=1S/C22H26N4O3S2/c1-16-9-14-30-20(16)22(27)24-10-12-25(13-11-24)31(28,29)21-17(2)23-26(18(21)3)15-19-7-5-4-6-8-19/h4-9,14H,10-13,15H2,1-3H3. The molecule has 0 aliphatic carbocycles. The number of piperazine rings is 1. The van der Waals surface area contributed by atoms with Crippen LogP contribution < -0.4 is 0 Å². The van der Waals surface area contributed by atoms with Crippen molar-refractivity contribution in [3.05, 3.63) is 69.2 Å². The third-order valence-electron chi connectivity index (χ3n) is 5.67. The SMILES string of the molecule is Cc1ccsc1C(=O)N1CCN(S(=O)(=O)c2c(C)nn(Cc3ccccc3)c2C)CC1. The van der Waals surface area contributed by atoms with Gasteiger partial charge in [-0.2, -0.15) is 9.40 Å². The molecule has 9 heteroatoms. The summed E-state index contributed by atoms with van der Waals surface area (Å²) in [5.74, 6) is -0.0208. The fraction of sp³-hybridized carbons (Fsp3) is 0.364. The van der Waals surface area contributed by atoms with Crippen LogP contribution in [0.25, 0.3) is 0 Å². The highest BCUT2D eigenvalue weighted by atomic mass is 32.2. The number of hydrogen-bond donors (Lipinski definition) is 0. The number of amides is 1. The maximum atomic E-state index is 13.4. The third kappa shape index (κ3) is 4.17. The summed E-state index contributed by atoms with van der Waals surface area (Å²) in [6, 6.07) is 11.8. The van der Waals surface area contributed by atoms with E-state index < -0.39 is 10.0 Å². The summed E-state index contributed by atoms with van der Waals surface area (Å²) in [6.45, 7) is 7.30. The van der Waals surface area contributed by atoms with E-state index in [2.05, 4.69) is 5.10 Å². The van der Waals surface area contributed by atoms with Crippen molar-refractivity contribution in [3.8, 4) is 0 Å². The van der Waals surface area contributed by atoms with Crippen LogP contribution in [-0.2, 0) is 16.6 Å². The second-order valence-corrected chi connectivity index (χ2v) is 10.6. The van der Waals surface area contributed by atoms with Crippen molar-refractivity contribution >= 4 is 27.3 Å². The highest BCUT2D eigenvalue weighted by molar-refractivity contribution is 7.89. The number of benzene rings is 1. The van der Waals surface area contributed by atoms with Crippen LogP contribution in [0.15, 0.2) is 46.7 Å². The van der Waals surface area contributed by atoms with Crippen LogP contribution in [-0.4, -0.2) is 59.5 Å². The normalized spacial score (nSPS) is 15.4. The molecule has 1 aliphatic heterocycles. The predicted molar refractivity (Wildman–Crippen MR) is 121 cm³/mol. The molecule has 0 bridgehead atoms. The maximum absolute atomic E-state index is 13.4. The maximum Gasteiger partial charge on any atom is 0.264 e. The van der Waals surface area contributed by atoms with E-state index >= 15 is 0 Å². The highest BCUT2D eigenvalue weighted by Crippen LogP contribution is 2.26. The highest BCUT2D eigenvalue weighted by Gasteiger charge is 2.34. The van der Waals surface area contributed by atoms with Gasteiger partial charge in [-0.15, -0.1) is 11.3 Å². The first-order valence-electron chi connectivity index (χ1n) is 10.2. The van der Waals surface area contributed by atoms with E-state index in [1.807, 2.05) is 48.7 Å². The summed E-state index contributed by atoms with van der Waals surface area (Å²) in [5, 5.41) is 6.41. The topological polar surface area (TPSA) is 75.5 Å². The summed E-state index contributed by atoms with van der Waals surface area (Å²) in [5.41, 5.74) is 3.16. The first-order valence-corrected chi connectivity index (χ1v) is 12.5. The molecule has 1 aliphatic rings. The van der Waals surface area contributed by atoms with E-state index in [4.69, 9.17) is 0 Å². The molecule has 1 amide bonds. The first kappa shape index (κ1) is 21.7. The number of nitrogens with zero attached hydrogens (tertiary/aromatic N) is 4. The van der Waals surface area contributed by atoms with E-state index in [1.54, 1.807) is 23.4 Å². The second-order valence-electron chi connectivity index (χ2n) is 7.77. The Kier molecular flexibility index (Phi) is 6.00. The van der Waals surface area contributed by atoms with Gasteiger partial charge in [-0.05, 0) is 43.3 Å². The zero-order chi connectivity index (χ0) is 22.2. The largest absolute Gasteiger partial charge is 0.335 e. The van der Waals surface area contributed by atoms with Gasteiger partial charge in [0.15, 0.2) is 0 Å². The van der Waals surface area contributed by atoms with Crippen LogP contribution in [0.2, 0.25) is 0 Å². The Morgan fingerprint density at radius 3 is 2.32 bits per heavy atom. The molecular formula is C22H26N4O3S2. The van der Waals surface area contributed by atoms with Crippen LogP contribution in [0.5, 0.6) is 0 Å². The summed E-state index contributed by atoms with van der Waals surface area (Å²) < 4.78 is 30.1. The van der Waals surface area contributed by atoms with Gasteiger partial charge in [0.2, 0.25) is 10.0 Å². The van der Waals surface area contributed by atoms with Crippen LogP contribution in [0.1, 0.15) is 32.2 Å². The molecule has 0 unspecified atom stereocenters. The van der Waals surface area contributed by atoms with E-state index in [0.717, 1.165) is 16.0 Å². The summed E-state index contributed by atoms with van der Waals surface area (Å²) >= 11 is 1.43. The second kappa shape index (κ2) is 8.57. The molecule has 0 saturated carbocycles. The lowest BCUT2D eigenvalue weighted by Gasteiger charge is -2.34. The molecule has 1 saturated heterocycles. The molecule has 1 aromatic carbocycles. The van der Waals surface area contributed by atoms with Crippen LogP contribution in [0, 0.1) is 20.8 Å². The molecule has 7 nitrogen and oxygen atoms in total. The number of carbonyl (C=O) groups is 1. The molecular weight excluding hydrogens is 432 g/mol. The van der Waals surface area contributed by atoms with Gasteiger partial charge in [0.25, 0.3) is 5.91 Å². The molecule has 3 aromatic rings. The van der Waals surface area contributed by atoms with Crippen molar-refractivity contribution in [1.29, 1.82) is 0 Å². The molecule has 0 spiro atoms. The zero-order valence-corrected chi connectivity index (χ0v) is 19.5. The van der Waals surface area contributed by atoms with Gasteiger partial charge in [0, 0.05) is 26.2 Å². The summed E-state index contributed by atoms with van der Waals surface area (Å²) in [6.07, 6.45) is 0. The van der Waals surface area contributed by atoms with Crippen molar-refractivity contribution < 1.29 is 13.2 Å². The van der Waals surface area contributed by atoms with Gasteiger partial charge in [0.1, 0.15) is 4.90 Å². The Bertz CT molecular complexity index is 1190. The minimum atomic E-state index is -3.69. The molecule has 4 rings (SSSR count). The number of aromatic nitrogens is 2. The Morgan fingerprint density at radius 2 is 1.71 bits per heavy atom. The van der Waals surface area contributed by atoms with Gasteiger partial charge < -0.3 is 4.90 Å². The zero-order valence-electron chi connectivity index (χ0n) is 17.9. The lowest BCUT2D eigenvalue weighted by molar-refractivity contribution is 0.0702. The van der Waals surface area contributed by atoms with Crippen molar-refractivity contribution in [3.63, 3.8) is 0 Å². The molecule has 3 heterocycles. The predicted octanol–water partition coefficient (Wildman–Crippen LogP) is 3.06. The number of carbonyl (C=O) groups excluding carboxylic acids is 1. The third-order valence-corrected chi connectivity index (χ3v) is 8.83. The smallest absolute Gasteiger partial charge is 0.264 e. The molecule has 0 N–H and O–H groups in total. The Labute approximate surface area is 187 Å². The Hall–Kier alpha value is -2.49. The molecule has 1 fully saturated rings. The number of thiophene rings is 1. The Morgan fingerprint density at radius 1 is 1.03 bits per heavy atom. The fourth-order valence-electron chi connectivity index (χ4n) is 3.96. The summed E-state index contributed by atoms with van der Waals surface area (Å²) in [4.78, 5) is 15.5. The van der Waals surface area contributed by atoms with E-state index in [1.165, 1.54) is 15.6 Å². The van der Waals surface area contributed by atoms with Gasteiger partial charge in [-0.3, -0.25) is 9.48 Å². The van der Waals surface area contributed by atoms with Crippen molar-refractivity contribution in [2.75, 3.05) is 26.2 Å². The van der Waals surface area contributed by atoms with Gasteiger partial charge >= 0.3 is 0 Å². The lowest BCUT2D eigenvalue weighted by atomic mass is 10.2.